The second kappa shape index (κ2) is 10.6. The first-order chi connectivity index (χ1) is 16.1. The molecule has 3 rings (SSSR count). The average molecular weight is 503 g/mol. The fourth-order valence-corrected chi connectivity index (χ4v) is 5.98. The van der Waals surface area contributed by atoms with Crippen molar-refractivity contribution in [2.45, 2.75) is 45.6 Å². The summed E-state index contributed by atoms with van der Waals surface area (Å²) < 4.78 is 28.0. The number of hydrogen-bond acceptors (Lipinski definition) is 6. The summed E-state index contributed by atoms with van der Waals surface area (Å²) >= 11 is 1.54. The summed E-state index contributed by atoms with van der Waals surface area (Å²) in [6.07, 6.45) is 0. The van der Waals surface area contributed by atoms with Crippen molar-refractivity contribution < 1.29 is 18.0 Å². The van der Waals surface area contributed by atoms with Crippen molar-refractivity contribution in [1.29, 1.82) is 0 Å². The van der Waals surface area contributed by atoms with Gasteiger partial charge in [-0.3, -0.25) is 9.59 Å². The molecule has 2 aromatic carbocycles. The molecule has 10 heteroatoms. The molecule has 0 aliphatic rings. The average Bonchev–Trinajstić information content (AvgIpc) is 3.17. The first kappa shape index (κ1) is 25.8. The Labute approximate surface area is 204 Å². The van der Waals surface area contributed by atoms with Gasteiger partial charge in [0.1, 0.15) is 6.04 Å². The van der Waals surface area contributed by atoms with Gasteiger partial charge in [-0.25, -0.2) is 13.4 Å². The van der Waals surface area contributed by atoms with Gasteiger partial charge in [-0.1, -0.05) is 33.8 Å². The summed E-state index contributed by atoms with van der Waals surface area (Å²) in [4.78, 5) is 30.5. The third kappa shape index (κ3) is 5.63. The zero-order valence-electron chi connectivity index (χ0n) is 20.0. The molecule has 0 aliphatic heterocycles. The van der Waals surface area contributed by atoms with Crippen LogP contribution in [0.25, 0.3) is 10.2 Å². The van der Waals surface area contributed by atoms with Gasteiger partial charge in [0.15, 0.2) is 0 Å². The lowest BCUT2D eigenvalue weighted by Crippen LogP contribution is -2.47. The predicted octanol–water partition coefficient (Wildman–Crippen LogP) is 4.03. The molecular formula is C24H30N4O4S2. The SMILES string of the molecule is CCN(CC)S(=O)(=O)c1cccc(C(=O)N[C@H](C(=O)Nc2ccc3nc(C)sc3c2)C(C)C)c1. The largest absolute Gasteiger partial charge is 0.340 e. The first-order valence-electron chi connectivity index (χ1n) is 11.2. The Morgan fingerprint density at radius 3 is 2.44 bits per heavy atom. The van der Waals surface area contributed by atoms with Crippen LogP contribution in [-0.2, 0) is 14.8 Å². The highest BCUT2D eigenvalue weighted by Crippen LogP contribution is 2.25. The Balaban J connectivity index is 1.78. The van der Waals surface area contributed by atoms with Crippen LogP contribution in [0, 0.1) is 12.8 Å². The van der Waals surface area contributed by atoms with Gasteiger partial charge in [0.2, 0.25) is 15.9 Å². The van der Waals surface area contributed by atoms with E-state index in [1.807, 2.05) is 32.9 Å². The molecule has 2 N–H and O–H groups in total. The highest BCUT2D eigenvalue weighted by Gasteiger charge is 2.27. The Morgan fingerprint density at radius 1 is 1.09 bits per heavy atom. The van der Waals surface area contributed by atoms with Crippen LogP contribution in [0.4, 0.5) is 5.69 Å². The van der Waals surface area contributed by atoms with Crippen LogP contribution in [0.5, 0.6) is 0 Å². The number of hydrogen-bond donors (Lipinski definition) is 2. The summed E-state index contributed by atoms with van der Waals surface area (Å²) in [5.74, 6) is -1.06. The minimum atomic E-state index is -3.71. The fraction of sp³-hybridized carbons (Fsp3) is 0.375. The second-order valence-electron chi connectivity index (χ2n) is 8.22. The van der Waals surface area contributed by atoms with Gasteiger partial charge in [-0.05, 0) is 49.2 Å². The van der Waals surface area contributed by atoms with E-state index in [-0.39, 0.29) is 22.3 Å². The molecule has 1 heterocycles. The van der Waals surface area contributed by atoms with Crippen LogP contribution in [-0.4, -0.2) is 48.7 Å². The molecule has 182 valence electrons. The third-order valence-corrected chi connectivity index (χ3v) is 8.42. The summed E-state index contributed by atoms with van der Waals surface area (Å²) in [5, 5.41) is 6.57. The van der Waals surface area contributed by atoms with Crippen molar-refractivity contribution in [3.05, 3.63) is 53.0 Å². The van der Waals surface area contributed by atoms with E-state index in [0.29, 0.717) is 18.8 Å². The van der Waals surface area contributed by atoms with Gasteiger partial charge in [0, 0.05) is 24.3 Å². The molecule has 0 bridgehead atoms. The van der Waals surface area contributed by atoms with Crippen LogP contribution >= 0.6 is 11.3 Å². The molecule has 1 aromatic heterocycles. The zero-order valence-corrected chi connectivity index (χ0v) is 21.6. The molecule has 0 saturated heterocycles. The normalized spacial score (nSPS) is 12.8. The van der Waals surface area contributed by atoms with Crippen molar-refractivity contribution in [2.75, 3.05) is 18.4 Å². The van der Waals surface area contributed by atoms with Crippen LogP contribution in [0.3, 0.4) is 0 Å². The molecule has 0 fully saturated rings. The molecule has 0 unspecified atom stereocenters. The maximum Gasteiger partial charge on any atom is 0.251 e. The number of nitrogens with one attached hydrogen (secondary N) is 2. The number of rotatable bonds is 9. The van der Waals surface area contributed by atoms with Gasteiger partial charge in [0.05, 0.1) is 20.1 Å². The van der Waals surface area contributed by atoms with Gasteiger partial charge < -0.3 is 10.6 Å². The summed E-state index contributed by atoms with van der Waals surface area (Å²) in [6.45, 7) is 9.78. The maximum absolute atomic E-state index is 13.0. The number of aryl methyl sites for hydroxylation is 1. The van der Waals surface area contributed by atoms with Crippen LogP contribution in [0.15, 0.2) is 47.4 Å². The molecule has 8 nitrogen and oxygen atoms in total. The number of aromatic nitrogens is 1. The molecule has 0 radical (unpaired) electrons. The van der Waals surface area contributed by atoms with Crippen LogP contribution < -0.4 is 10.6 Å². The fourth-order valence-electron chi connectivity index (χ4n) is 3.61. The van der Waals surface area contributed by atoms with E-state index in [4.69, 9.17) is 0 Å². The summed E-state index contributed by atoms with van der Waals surface area (Å²) in [5.41, 5.74) is 1.66. The van der Waals surface area contributed by atoms with E-state index in [2.05, 4.69) is 15.6 Å². The standard InChI is InChI=1S/C24H30N4O4S2/c1-6-28(7-2)34(31,32)19-10-8-9-17(13-19)23(29)27-22(15(3)4)24(30)26-18-11-12-20-21(14-18)33-16(5)25-20/h8-15,22H,6-7H2,1-5H3,(H,26,30)(H,27,29)/t22-/m0/s1. The van der Waals surface area contributed by atoms with Crippen molar-refractivity contribution in [2.24, 2.45) is 5.92 Å². The van der Waals surface area contributed by atoms with Gasteiger partial charge in [-0.2, -0.15) is 4.31 Å². The van der Waals surface area contributed by atoms with Gasteiger partial charge in [0.25, 0.3) is 5.91 Å². The Kier molecular flexibility index (Phi) is 8.06. The van der Waals surface area contributed by atoms with E-state index in [1.54, 1.807) is 19.9 Å². The number of carbonyl (C=O) groups is 2. The number of sulfonamides is 1. The molecule has 3 aromatic rings. The van der Waals surface area contributed by atoms with Crippen molar-refractivity contribution in [3.63, 3.8) is 0 Å². The molecule has 1 atom stereocenters. The van der Waals surface area contributed by atoms with E-state index in [9.17, 15) is 18.0 Å². The van der Waals surface area contributed by atoms with Gasteiger partial charge in [-0.15, -0.1) is 11.3 Å². The summed E-state index contributed by atoms with van der Waals surface area (Å²) in [6, 6.07) is 10.5. The van der Waals surface area contributed by atoms with Crippen LogP contribution in [0.2, 0.25) is 0 Å². The monoisotopic (exact) mass is 502 g/mol. The lowest BCUT2D eigenvalue weighted by Gasteiger charge is -2.22. The number of amides is 2. The minimum Gasteiger partial charge on any atom is -0.340 e. The third-order valence-electron chi connectivity index (χ3n) is 5.44. The number of thiazole rings is 1. The highest BCUT2D eigenvalue weighted by molar-refractivity contribution is 7.89. The topological polar surface area (TPSA) is 108 Å². The molecule has 2 amide bonds. The first-order valence-corrected chi connectivity index (χ1v) is 13.4. The minimum absolute atomic E-state index is 0.0440. The number of anilines is 1. The van der Waals surface area contributed by atoms with E-state index < -0.39 is 22.0 Å². The lowest BCUT2D eigenvalue weighted by molar-refractivity contribution is -0.118. The molecule has 0 saturated carbocycles. The zero-order chi connectivity index (χ0) is 25.0. The molecule has 0 spiro atoms. The summed E-state index contributed by atoms with van der Waals surface area (Å²) in [7, 11) is -3.71. The molecular weight excluding hydrogens is 472 g/mol. The Morgan fingerprint density at radius 2 is 1.79 bits per heavy atom. The van der Waals surface area contributed by atoms with E-state index in [0.717, 1.165) is 15.2 Å². The van der Waals surface area contributed by atoms with Crippen molar-refractivity contribution in [3.8, 4) is 0 Å². The van der Waals surface area contributed by atoms with Crippen molar-refractivity contribution >= 4 is 49.1 Å². The number of benzene rings is 2. The van der Waals surface area contributed by atoms with Crippen molar-refractivity contribution in [1.82, 2.24) is 14.6 Å². The Bertz CT molecular complexity index is 1300. The molecule has 0 aliphatic carbocycles. The van der Waals surface area contributed by atoms with Gasteiger partial charge >= 0.3 is 0 Å². The predicted molar refractivity (Wildman–Crippen MR) is 136 cm³/mol. The number of nitrogens with zero attached hydrogens (tertiary/aromatic N) is 2. The number of fused-ring (bicyclic) bond motifs is 1. The quantitative estimate of drug-likeness (QED) is 0.459. The number of carbonyl (C=O) groups excluding carboxylic acids is 2. The van der Waals surface area contributed by atoms with E-state index >= 15 is 0 Å². The van der Waals surface area contributed by atoms with Crippen LogP contribution in [0.1, 0.15) is 43.1 Å². The molecule has 34 heavy (non-hydrogen) atoms. The lowest BCUT2D eigenvalue weighted by atomic mass is 10.0. The second-order valence-corrected chi connectivity index (χ2v) is 11.4. The Hall–Kier alpha value is -2.82. The smallest absolute Gasteiger partial charge is 0.251 e. The van der Waals surface area contributed by atoms with E-state index in [1.165, 1.54) is 39.9 Å². The highest BCUT2D eigenvalue weighted by atomic mass is 32.2. The maximum atomic E-state index is 13.0.